The number of hydrogen-bond acceptors (Lipinski definition) is 5. The average Bonchev–Trinajstić information content (AvgIpc) is 2.55. The Hall–Kier alpha value is 1.35. The molecule has 0 N–H and O–H groups in total. The molecular formula is C15H35O10V3. The molecule has 10 nitrogen and oxygen atoms in total. The number of rotatable bonds is 5. The summed E-state index contributed by atoms with van der Waals surface area (Å²) >= 11 is 0. The summed E-state index contributed by atoms with van der Waals surface area (Å²) in [5.74, 6) is 0. The molecule has 0 aliphatic carbocycles. The first kappa shape index (κ1) is 88.2. The second-order valence-corrected chi connectivity index (χ2v) is 3.52. The van der Waals surface area contributed by atoms with Crippen molar-refractivity contribution in [2.45, 2.75) is 66.7 Å². The predicted molar refractivity (Wildman–Crippen MR) is 79.2 cm³/mol. The summed E-state index contributed by atoms with van der Waals surface area (Å²) in [7, 11) is 0. The van der Waals surface area contributed by atoms with Crippen LogP contribution in [0.25, 0.3) is 0 Å². The van der Waals surface area contributed by atoms with Gasteiger partial charge in [-0.25, -0.2) is 0 Å². The van der Waals surface area contributed by atoms with Crippen LogP contribution in [0.3, 0.4) is 0 Å². The maximum Gasteiger partial charge on any atom is 5.00 e. The van der Waals surface area contributed by atoms with Gasteiger partial charge in [0.25, 0.3) is 0 Å². The summed E-state index contributed by atoms with van der Waals surface area (Å²) < 4.78 is 0. The third-order valence-corrected chi connectivity index (χ3v) is 1.02. The predicted octanol–water partition coefficient (Wildman–Crippen LogP) is -1.82. The van der Waals surface area contributed by atoms with Crippen LogP contribution in [0.1, 0.15) is 66.7 Å². The molecule has 0 rings (SSSR count). The molecule has 0 amide bonds. The van der Waals surface area contributed by atoms with E-state index in [-0.39, 0.29) is 116 Å². The SMILES string of the molecule is CCC[O-].CCC[O-].CCC[O-].CCC[O-].CCC[O-].[O-2].[O-2].[O-2].[O-2].[O-2].[V+5].[V+5].[V+5]. The summed E-state index contributed by atoms with van der Waals surface area (Å²) in [4.78, 5) is 0. The van der Waals surface area contributed by atoms with E-state index in [1.54, 1.807) is 0 Å². The molecule has 0 aromatic heterocycles. The van der Waals surface area contributed by atoms with Crippen LogP contribution in [0, 0.1) is 0 Å². The standard InChI is InChI=1S/5C3H7O.5O.3V/c5*1-2-3-4;;;;;;;;/h5*2-3H2,1H3;;;;;;;;/q5*-1;5*-2;3*+5. The normalized spacial score (nSPS) is 5.36. The van der Waals surface area contributed by atoms with Crippen LogP contribution in [0.15, 0.2) is 0 Å². The summed E-state index contributed by atoms with van der Waals surface area (Å²) in [6, 6.07) is 0. The van der Waals surface area contributed by atoms with Gasteiger partial charge in [0, 0.05) is 0 Å². The van der Waals surface area contributed by atoms with Gasteiger partial charge in [0.1, 0.15) is 0 Å². The van der Waals surface area contributed by atoms with Gasteiger partial charge in [-0.15, -0.1) is 33.0 Å². The molecule has 13 heteroatoms. The number of hydrogen-bond donors (Lipinski definition) is 0. The van der Waals surface area contributed by atoms with E-state index < -0.39 is 0 Å². The minimum Gasteiger partial charge on any atom is -2.00 e. The fourth-order valence-electron chi connectivity index (χ4n) is 0. The average molecular weight is 528 g/mol. The van der Waals surface area contributed by atoms with Crippen LogP contribution in [0.2, 0.25) is 0 Å². The molecular weight excluding hydrogens is 493 g/mol. The Morgan fingerprint density at radius 2 is 0.357 bits per heavy atom. The summed E-state index contributed by atoms with van der Waals surface area (Å²) in [6.07, 6.45) is 3.82. The first-order valence-electron chi connectivity index (χ1n) is 7.48. The van der Waals surface area contributed by atoms with E-state index in [1.165, 1.54) is 0 Å². The first-order chi connectivity index (χ1) is 9.57. The topological polar surface area (TPSA) is 258 Å². The fraction of sp³-hybridized carbons (Fsp3) is 1.00. The molecule has 170 valence electrons. The smallest absolute Gasteiger partial charge is 2.00 e. The van der Waals surface area contributed by atoms with Crippen LogP contribution in [-0.4, -0.2) is 33.0 Å². The Morgan fingerprint density at radius 3 is 0.357 bits per heavy atom. The second kappa shape index (κ2) is 165. The van der Waals surface area contributed by atoms with Gasteiger partial charge in [-0.3, -0.25) is 0 Å². The van der Waals surface area contributed by atoms with E-state index in [4.69, 9.17) is 0 Å². The summed E-state index contributed by atoms with van der Waals surface area (Å²) in [5.41, 5.74) is 0. The van der Waals surface area contributed by atoms with Gasteiger partial charge in [-0.05, 0) is 0 Å². The van der Waals surface area contributed by atoms with Gasteiger partial charge in [0.2, 0.25) is 0 Å². The molecule has 0 atom stereocenters. The molecule has 0 saturated heterocycles. The molecule has 0 aliphatic heterocycles. The van der Waals surface area contributed by atoms with Crippen LogP contribution in [0.5, 0.6) is 0 Å². The molecule has 0 unspecified atom stereocenters. The van der Waals surface area contributed by atoms with Crippen molar-refractivity contribution < 1.29 is 109 Å². The Bertz CT molecular complexity index is 71.2. The van der Waals surface area contributed by atoms with Crippen molar-refractivity contribution in [1.82, 2.24) is 0 Å². The van der Waals surface area contributed by atoms with Crippen LogP contribution >= 0.6 is 0 Å². The minimum atomic E-state index is 0. The monoisotopic (exact) mass is 528 g/mol. The van der Waals surface area contributed by atoms with Gasteiger partial charge in [0.05, 0.1) is 0 Å². The van der Waals surface area contributed by atoms with Gasteiger partial charge in [-0.2, -0.15) is 0 Å². The van der Waals surface area contributed by atoms with E-state index in [9.17, 15) is 25.5 Å². The maximum absolute atomic E-state index is 9.30. The van der Waals surface area contributed by atoms with Crippen molar-refractivity contribution in [3.8, 4) is 0 Å². The third kappa shape index (κ3) is 471. The Balaban J connectivity index is -0.00000000852. The van der Waals surface area contributed by atoms with Crippen LogP contribution in [-0.2, 0) is 83.0 Å². The zero-order valence-electron chi connectivity index (χ0n) is 17.5. The Morgan fingerprint density at radius 1 is 0.321 bits per heavy atom. The Labute approximate surface area is 207 Å². The molecule has 28 heavy (non-hydrogen) atoms. The van der Waals surface area contributed by atoms with Crippen molar-refractivity contribution in [1.29, 1.82) is 0 Å². The molecule has 0 saturated carbocycles. The van der Waals surface area contributed by atoms with E-state index in [2.05, 4.69) is 0 Å². The van der Waals surface area contributed by atoms with Crippen LogP contribution in [0.4, 0.5) is 0 Å². The Kier molecular flexibility index (Phi) is 519. The molecule has 0 aromatic carbocycles. The molecule has 0 aromatic rings. The third-order valence-electron chi connectivity index (χ3n) is 1.02. The van der Waals surface area contributed by atoms with Gasteiger partial charge in [-0.1, -0.05) is 66.7 Å². The van der Waals surface area contributed by atoms with E-state index >= 15 is 0 Å². The molecule has 0 radical (unpaired) electrons. The van der Waals surface area contributed by atoms with Gasteiger partial charge in [0.15, 0.2) is 0 Å². The van der Waals surface area contributed by atoms with Crippen molar-refractivity contribution in [2.24, 2.45) is 0 Å². The molecule has 0 spiro atoms. The first-order valence-corrected chi connectivity index (χ1v) is 7.48. The fourth-order valence-corrected chi connectivity index (χ4v) is 0. The van der Waals surface area contributed by atoms with Crippen molar-refractivity contribution in [2.75, 3.05) is 33.0 Å². The summed E-state index contributed by atoms with van der Waals surface area (Å²) in [5, 5.41) is 46.5. The molecule has 0 heterocycles. The molecule has 0 aliphatic rings. The van der Waals surface area contributed by atoms with E-state index in [0.29, 0.717) is 0 Å². The maximum atomic E-state index is 9.30. The van der Waals surface area contributed by atoms with Gasteiger partial charge >= 0.3 is 55.7 Å². The van der Waals surface area contributed by atoms with Crippen molar-refractivity contribution in [3.05, 3.63) is 0 Å². The van der Waals surface area contributed by atoms with Crippen molar-refractivity contribution in [3.63, 3.8) is 0 Å². The van der Waals surface area contributed by atoms with Gasteiger partial charge < -0.3 is 52.9 Å². The molecule has 0 fully saturated rings. The minimum absolute atomic E-state index is 0. The largest absolute Gasteiger partial charge is 5.00 e. The van der Waals surface area contributed by atoms with E-state index in [1.807, 2.05) is 34.6 Å². The van der Waals surface area contributed by atoms with Crippen LogP contribution < -0.4 is 25.5 Å². The second-order valence-electron chi connectivity index (χ2n) is 3.52. The summed E-state index contributed by atoms with van der Waals surface area (Å²) in [6.45, 7) is 9.69. The zero-order chi connectivity index (χ0) is 17.1. The molecule has 0 bridgehead atoms. The zero-order valence-corrected chi connectivity index (χ0v) is 21.7. The van der Waals surface area contributed by atoms with Crippen molar-refractivity contribution >= 4 is 0 Å². The van der Waals surface area contributed by atoms with E-state index in [0.717, 1.165) is 32.1 Å². The quantitative estimate of drug-likeness (QED) is 0.398.